The number of carbonyl (C=O) groups is 2. The number of hydrogen-bond donors (Lipinski definition) is 1. The second kappa shape index (κ2) is 7.34. The summed E-state index contributed by atoms with van der Waals surface area (Å²) in [4.78, 5) is 27.3. The first-order valence-corrected chi connectivity index (χ1v) is 9.04. The number of Topliss-reactive ketones (excluding diaryl/α,β-unsaturated/α-hetero) is 1. The number of nitriles is 1. The van der Waals surface area contributed by atoms with E-state index in [9.17, 15) is 14.7 Å². The maximum atomic E-state index is 13.0. The third-order valence-electron chi connectivity index (χ3n) is 4.92. The zero-order valence-corrected chi connectivity index (χ0v) is 15.5. The standard InChI is InChI=1S/C22H22N2O3/c1-15(2)11-12-24-19-6-4-3-5-18(19)22(27,21(24)26)13-20(25)17-9-7-16(14-23)8-10-17/h3-10,15,27H,11-13H2,1-2H3/t22-/m1/s1. The van der Waals surface area contributed by atoms with Gasteiger partial charge in [0, 0.05) is 17.7 Å². The number of hydrogen-bond acceptors (Lipinski definition) is 4. The predicted molar refractivity (Wildman–Crippen MR) is 102 cm³/mol. The van der Waals surface area contributed by atoms with Gasteiger partial charge in [0.15, 0.2) is 11.4 Å². The zero-order chi connectivity index (χ0) is 19.6. The van der Waals surface area contributed by atoms with E-state index in [1.165, 1.54) is 0 Å². The fourth-order valence-electron chi connectivity index (χ4n) is 3.35. The van der Waals surface area contributed by atoms with Gasteiger partial charge >= 0.3 is 0 Å². The largest absolute Gasteiger partial charge is 0.375 e. The van der Waals surface area contributed by atoms with Crippen LogP contribution in [0.5, 0.6) is 0 Å². The highest BCUT2D eigenvalue weighted by atomic mass is 16.3. The summed E-state index contributed by atoms with van der Waals surface area (Å²) in [6.45, 7) is 4.65. The fourth-order valence-corrected chi connectivity index (χ4v) is 3.35. The van der Waals surface area contributed by atoms with Crippen molar-refractivity contribution < 1.29 is 14.7 Å². The average molecular weight is 362 g/mol. The fraction of sp³-hybridized carbons (Fsp3) is 0.318. The van der Waals surface area contributed by atoms with Crippen LogP contribution < -0.4 is 4.90 Å². The van der Waals surface area contributed by atoms with Crippen LogP contribution in [0.25, 0.3) is 0 Å². The normalized spacial score (nSPS) is 18.5. The smallest absolute Gasteiger partial charge is 0.264 e. The number of amides is 1. The molecule has 2 aromatic carbocycles. The minimum Gasteiger partial charge on any atom is -0.375 e. The molecule has 5 nitrogen and oxygen atoms in total. The number of carbonyl (C=O) groups excluding carboxylic acids is 2. The first-order chi connectivity index (χ1) is 12.9. The van der Waals surface area contributed by atoms with Crippen molar-refractivity contribution in [1.82, 2.24) is 0 Å². The lowest BCUT2D eigenvalue weighted by atomic mass is 9.88. The molecule has 0 spiro atoms. The molecule has 1 N–H and O–H groups in total. The molecule has 138 valence electrons. The van der Waals surface area contributed by atoms with Gasteiger partial charge in [-0.3, -0.25) is 9.59 Å². The minimum absolute atomic E-state index is 0.326. The molecule has 0 fully saturated rings. The summed E-state index contributed by atoms with van der Waals surface area (Å²) in [5.74, 6) is -0.374. The lowest BCUT2D eigenvalue weighted by Gasteiger charge is -2.23. The lowest BCUT2D eigenvalue weighted by Crippen LogP contribution is -2.42. The number of nitrogens with zero attached hydrogens (tertiary/aromatic N) is 2. The molecule has 1 aliphatic rings. The molecule has 0 bridgehead atoms. The molecule has 0 unspecified atom stereocenters. The molecular weight excluding hydrogens is 340 g/mol. The Balaban J connectivity index is 1.90. The van der Waals surface area contributed by atoms with Gasteiger partial charge in [-0.15, -0.1) is 0 Å². The maximum absolute atomic E-state index is 13.0. The summed E-state index contributed by atoms with van der Waals surface area (Å²) in [6, 6.07) is 15.3. The Hall–Kier alpha value is -2.97. The van der Waals surface area contributed by atoms with E-state index in [-0.39, 0.29) is 12.2 Å². The number of benzene rings is 2. The van der Waals surface area contributed by atoms with E-state index in [0.29, 0.717) is 34.8 Å². The number of aliphatic hydroxyl groups is 1. The van der Waals surface area contributed by atoms with Gasteiger partial charge in [-0.1, -0.05) is 44.2 Å². The van der Waals surface area contributed by atoms with E-state index in [2.05, 4.69) is 13.8 Å². The molecule has 3 rings (SSSR count). The van der Waals surface area contributed by atoms with Gasteiger partial charge in [0.05, 0.1) is 23.7 Å². The van der Waals surface area contributed by atoms with Gasteiger partial charge in [-0.25, -0.2) is 0 Å². The molecule has 27 heavy (non-hydrogen) atoms. The minimum atomic E-state index is -1.86. The molecule has 1 aliphatic heterocycles. The Morgan fingerprint density at radius 2 is 1.85 bits per heavy atom. The quantitative estimate of drug-likeness (QED) is 0.799. The van der Waals surface area contributed by atoms with Crippen molar-refractivity contribution >= 4 is 17.4 Å². The number of ketones is 1. The highest BCUT2D eigenvalue weighted by molar-refractivity contribution is 6.10. The molecule has 0 aromatic heterocycles. The highest BCUT2D eigenvalue weighted by Gasteiger charge is 2.50. The number of anilines is 1. The summed E-state index contributed by atoms with van der Waals surface area (Å²) < 4.78 is 0. The van der Waals surface area contributed by atoms with Crippen LogP contribution in [0.15, 0.2) is 48.5 Å². The van der Waals surface area contributed by atoms with Crippen LogP contribution >= 0.6 is 0 Å². The van der Waals surface area contributed by atoms with Crippen molar-refractivity contribution in [3.05, 3.63) is 65.2 Å². The summed E-state index contributed by atoms with van der Waals surface area (Å²) >= 11 is 0. The van der Waals surface area contributed by atoms with Crippen LogP contribution in [-0.4, -0.2) is 23.3 Å². The maximum Gasteiger partial charge on any atom is 0.264 e. The van der Waals surface area contributed by atoms with E-state index in [1.807, 2.05) is 12.1 Å². The van der Waals surface area contributed by atoms with Crippen LogP contribution in [-0.2, 0) is 10.4 Å². The van der Waals surface area contributed by atoms with Crippen molar-refractivity contribution in [3.8, 4) is 6.07 Å². The second-order valence-corrected chi connectivity index (χ2v) is 7.31. The van der Waals surface area contributed by atoms with E-state index >= 15 is 0 Å². The average Bonchev–Trinajstić information content (AvgIpc) is 2.87. The van der Waals surface area contributed by atoms with Crippen molar-refractivity contribution in [1.29, 1.82) is 5.26 Å². The van der Waals surface area contributed by atoms with Gasteiger partial charge in [-0.2, -0.15) is 5.26 Å². The van der Waals surface area contributed by atoms with E-state index in [1.54, 1.807) is 47.4 Å². The first kappa shape index (κ1) is 18.8. The summed E-state index contributed by atoms with van der Waals surface area (Å²) in [6.07, 6.45) is 0.479. The van der Waals surface area contributed by atoms with Gasteiger partial charge in [0.1, 0.15) is 0 Å². The van der Waals surface area contributed by atoms with E-state index < -0.39 is 11.5 Å². The summed E-state index contributed by atoms with van der Waals surface area (Å²) in [5, 5.41) is 20.1. The topological polar surface area (TPSA) is 81.4 Å². The molecule has 0 aliphatic carbocycles. The Bertz CT molecular complexity index is 912. The molecule has 1 atom stereocenters. The Kier molecular flexibility index (Phi) is 5.11. The molecule has 0 saturated heterocycles. The monoisotopic (exact) mass is 362 g/mol. The molecule has 5 heteroatoms. The molecular formula is C22H22N2O3. The van der Waals surface area contributed by atoms with Crippen molar-refractivity contribution in [2.75, 3.05) is 11.4 Å². The van der Waals surface area contributed by atoms with Crippen LogP contribution in [0, 0.1) is 17.2 Å². The summed E-state index contributed by atoms with van der Waals surface area (Å²) in [5.41, 5.74) is 0.0956. The van der Waals surface area contributed by atoms with Gasteiger partial charge < -0.3 is 10.0 Å². The van der Waals surface area contributed by atoms with E-state index in [4.69, 9.17) is 5.26 Å². The molecule has 0 radical (unpaired) electrons. The molecule has 1 amide bonds. The van der Waals surface area contributed by atoms with Gasteiger partial charge in [-0.05, 0) is 30.5 Å². The summed E-state index contributed by atoms with van der Waals surface area (Å²) in [7, 11) is 0. The van der Waals surface area contributed by atoms with Gasteiger partial charge in [0.2, 0.25) is 0 Å². The third-order valence-corrected chi connectivity index (χ3v) is 4.92. The van der Waals surface area contributed by atoms with Gasteiger partial charge in [0.25, 0.3) is 5.91 Å². The Labute approximate surface area is 158 Å². The predicted octanol–water partition coefficient (Wildman–Crippen LogP) is 3.41. The Morgan fingerprint density at radius 3 is 2.48 bits per heavy atom. The van der Waals surface area contributed by atoms with Crippen LogP contribution in [0.4, 0.5) is 5.69 Å². The van der Waals surface area contributed by atoms with Crippen LogP contribution in [0.2, 0.25) is 0 Å². The van der Waals surface area contributed by atoms with Crippen molar-refractivity contribution in [2.45, 2.75) is 32.3 Å². The lowest BCUT2D eigenvalue weighted by molar-refractivity contribution is -0.135. The Morgan fingerprint density at radius 1 is 1.19 bits per heavy atom. The number of fused-ring (bicyclic) bond motifs is 1. The molecule has 1 heterocycles. The third kappa shape index (κ3) is 3.49. The SMILES string of the molecule is CC(C)CCN1C(=O)[C@@](O)(CC(=O)c2ccc(C#N)cc2)c2ccccc21. The number of para-hydroxylation sites is 1. The van der Waals surface area contributed by atoms with Crippen LogP contribution in [0.3, 0.4) is 0 Å². The highest BCUT2D eigenvalue weighted by Crippen LogP contribution is 2.43. The molecule has 0 saturated carbocycles. The number of rotatable bonds is 6. The molecule has 2 aromatic rings. The van der Waals surface area contributed by atoms with E-state index in [0.717, 1.165) is 6.42 Å². The van der Waals surface area contributed by atoms with Crippen molar-refractivity contribution in [3.63, 3.8) is 0 Å². The van der Waals surface area contributed by atoms with Crippen molar-refractivity contribution in [2.24, 2.45) is 5.92 Å². The first-order valence-electron chi connectivity index (χ1n) is 9.04. The zero-order valence-electron chi connectivity index (χ0n) is 15.5. The van der Waals surface area contributed by atoms with Crippen LogP contribution in [0.1, 0.15) is 48.2 Å². The second-order valence-electron chi connectivity index (χ2n) is 7.31.